The van der Waals surface area contributed by atoms with Crippen molar-refractivity contribution in [2.24, 2.45) is 0 Å². The number of benzene rings is 7. The first-order valence-electron chi connectivity index (χ1n) is 23.1. The van der Waals surface area contributed by atoms with Gasteiger partial charge in [0.1, 0.15) is 0 Å². The summed E-state index contributed by atoms with van der Waals surface area (Å²) < 4.78 is 37.8. The molecule has 61 heavy (non-hydrogen) atoms. The Balaban J connectivity index is 0.000000183. The van der Waals surface area contributed by atoms with Crippen molar-refractivity contribution in [2.45, 2.75) is 79.0 Å². The van der Waals surface area contributed by atoms with Crippen LogP contribution in [0.5, 0.6) is 0 Å². The predicted octanol–water partition coefficient (Wildman–Crippen LogP) is 16.2. The van der Waals surface area contributed by atoms with E-state index in [4.69, 9.17) is 10.5 Å². The number of pyridine rings is 1. The molecule has 0 N–H and O–H groups in total. The maximum Gasteiger partial charge on any atom is 0.0774 e. The van der Waals surface area contributed by atoms with E-state index >= 15 is 0 Å². The van der Waals surface area contributed by atoms with Gasteiger partial charge in [0.05, 0.1) is 16.9 Å². The Bertz CT molecular complexity index is 3300. The summed E-state index contributed by atoms with van der Waals surface area (Å²) in [4.78, 5) is 9.60. The molecule has 0 aliphatic rings. The van der Waals surface area contributed by atoms with Crippen molar-refractivity contribution in [3.63, 3.8) is 0 Å². The Hall–Kier alpha value is -5.45. The molecule has 0 saturated heterocycles. The third kappa shape index (κ3) is 7.85. The summed E-state index contributed by atoms with van der Waals surface area (Å²) in [5.74, 6) is 0.806. The Labute approximate surface area is 383 Å². The van der Waals surface area contributed by atoms with E-state index in [9.17, 15) is 0 Å². The summed E-state index contributed by atoms with van der Waals surface area (Å²) in [6.45, 7) is 10.6. The third-order valence-electron chi connectivity index (χ3n) is 11.8. The van der Waals surface area contributed by atoms with E-state index in [0.717, 1.165) is 38.1 Å². The van der Waals surface area contributed by atoms with Gasteiger partial charge < -0.3 is 9.55 Å². The minimum Gasteiger partial charge on any atom is -0.333 e. The fourth-order valence-corrected chi connectivity index (χ4v) is 9.92. The second-order valence-electron chi connectivity index (χ2n) is 16.1. The molecule has 10 aromatic rings. The van der Waals surface area contributed by atoms with E-state index in [1.165, 1.54) is 54.6 Å². The molecule has 0 unspecified atom stereocenters. The minimum absolute atomic E-state index is 0. The van der Waals surface area contributed by atoms with Crippen molar-refractivity contribution in [3.05, 3.63) is 174 Å². The van der Waals surface area contributed by atoms with Gasteiger partial charge in [-0.2, -0.15) is 11.3 Å². The average molecular weight is 994 g/mol. The van der Waals surface area contributed by atoms with E-state index < -0.39 is 12.7 Å². The molecule has 3 heterocycles. The maximum absolute atomic E-state index is 9.05. The van der Waals surface area contributed by atoms with E-state index in [1.54, 1.807) is 11.3 Å². The zero-order chi connectivity index (χ0) is 44.9. The molecule has 7 aromatic carbocycles. The Morgan fingerprint density at radius 1 is 0.689 bits per heavy atom. The molecule has 0 amide bonds. The van der Waals surface area contributed by atoms with E-state index in [-0.39, 0.29) is 25.7 Å². The van der Waals surface area contributed by atoms with Crippen LogP contribution in [-0.4, -0.2) is 14.5 Å². The predicted molar refractivity (Wildman–Crippen MR) is 258 cm³/mol. The molecule has 307 valence electrons. The van der Waals surface area contributed by atoms with Gasteiger partial charge >= 0.3 is 0 Å². The standard InChI is InChI=1S/C31H26NS.C25H25N2.Ir/c1-4-20(5-2)26-17-29(32-18-19(26)3)25-12-8-11-24-28-16-27-22(15-30(28)33-31(24)25)14-13-21-9-6-7-10-23(21)27;1-17(2)20-13-10-14-21(18(3)4)24(20)27-23-16-9-8-15-22(23)26-25(27)19-11-6-5-7-12-19;/h6-11,13-18,20H,4-5H2,1-3H3;5-11,13-18H,1-4H3;/q2*-1;/i3D3,20D;;. The number of rotatable bonds is 8. The number of imidazole rings is 1. The van der Waals surface area contributed by atoms with Gasteiger partial charge in [0.25, 0.3) is 0 Å². The van der Waals surface area contributed by atoms with Gasteiger partial charge in [0.15, 0.2) is 0 Å². The van der Waals surface area contributed by atoms with Gasteiger partial charge in [0.2, 0.25) is 0 Å². The number of para-hydroxylation sites is 3. The number of fused-ring (bicyclic) bond motifs is 7. The second kappa shape index (κ2) is 17.9. The monoisotopic (exact) mass is 994 g/mol. The first-order chi connectivity index (χ1) is 30.8. The minimum atomic E-state index is -2.33. The van der Waals surface area contributed by atoms with Crippen molar-refractivity contribution >= 4 is 64.1 Å². The quantitative estimate of drug-likeness (QED) is 0.112. The summed E-state index contributed by atoms with van der Waals surface area (Å²) in [7, 11) is 0. The smallest absolute Gasteiger partial charge is 0.0774 e. The van der Waals surface area contributed by atoms with Crippen molar-refractivity contribution in [1.29, 1.82) is 0 Å². The Kier molecular flexibility index (Phi) is 10.9. The molecule has 0 saturated carbocycles. The fraction of sp³-hybridized carbons (Fsp3) is 0.214. The number of aromatic nitrogens is 3. The molecule has 10 rings (SSSR count). The topological polar surface area (TPSA) is 30.7 Å². The van der Waals surface area contributed by atoms with Gasteiger partial charge in [0, 0.05) is 42.2 Å². The largest absolute Gasteiger partial charge is 0.333 e. The van der Waals surface area contributed by atoms with Crippen molar-refractivity contribution in [2.75, 3.05) is 0 Å². The van der Waals surface area contributed by atoms with Crippen molar-refractivity contribution < 1.29 is 25.6 Å². The molecule has 0 aliphatic heterocycles. The van der Waals surface area contributed by atoms with Gasteiger partial charge in [-0.25, -0.2) is 0 Å². The summed E-state index contributed by atoms with van der Waals surface area (Å²) in [6, 6.07) is 53.1. The van der Waals surface area contributed by atoms with Crippen molar-refractivity contribution in [3.8, 4) is 28.3 Å². The van der Waals surface area contributed by atoms with Crippen molar-refractivity contribution in [1.82, 2.24) is 14.5 Å². The van der Waals surface area contributed by atoms with Crippen LogP contribution in [0.1, 0.15) is 99.9 Å². The maximum atomic E-state index is 9.05. The fourth-order valence-electron chi connectivity index (χ4n) is 8.68. The molecule has 0 atom stereocenters. The summed E-state index contributed by atoms with van der Waals surface area (Å²) in [5.41, 5.74) is 9.34. The third-order valence-corrected chi connectivity index (χ3v) is 13.0. The Morgan fingerprint density at radius 3 is 2.16 bits per heavy atom. The molecule has 5 heteroatoms. The molecule has 0 aliphatic carbocycles. The van der Waals surface area contributed by atoms with Crippen LogP contribution in [0, 0.1) is 19.0 Å². The van der Waals surface area contributed by atoms with Crippen LogP contribution in [-0.2, 0) is 20.1 Å². The number of nitrogens with zero attached hydrogens (tertiary/aromatic N) is 3. The van der Waals surface area contributed by atoms with Crippen LogP contribution in [0.2, 0.25) is 0 Å². The van der Waals surface area contributed by atoms with Gasteiger partial charge in [-0.05, 0) is 121 Å². The van der Waals surface area contributed by atoms with Crippen LogP contribution >= 0.6 is 11.3 Å². The first-order valence-corrected chi connectivity index (χ1v) is 21.9. The summed E-state index contributed by atoms with van der Waals surface area (Å²) in [5, 5.41) is 7.22. The number of hydrogen-bond donors (Lipinski definition) is 0. The number of thiophene rings is 1. The van der Waals surface area contributed by atoms with E-state index in [2.05, 4.69) is 153 Å². The molecule has 1 radical (unpaired) electrons. The SMILES string of the molecule is CC(C)c1cccc(C(C)C)c1-n1c(-c2[c-]cccc2)nc2ccccc21.[2H]C([2H])([2H])c1cnc(-c2[c-]ccc3c2sc2cc4ccc5ccccc5c4cc23)cc1C([2H])(CC)CC.[Ir]. The van der Waals surface area contributed by atoms with E-state index in [0.29, 0.717) is 35.9 Å². The zero-order valence-corrected chi connectivity index (χ0v) is 38.6. The van der Waals surface area contributed by atoms with Gasteiger partial charge in [-0.3, -0.25) is 4.98 Å². The van der Waals surface area contributed by atoms with Crippen LogP contribution < -0.4 is 0 Å². The van der Waals surface area contributed by atoms with Gasteiger partial charge in [-0.1, -0.05) is 120 Å². The molecule has 0 fully saturated rings. The summed E-state index contributed by atoms with van der Waals surface area (Å²) in [6.07, 6.45) is 2.49. The van der Waals surface area contributed by atoms with Crippen LogP contribution in [0.25, 0.3) is 81.1 Å². The molecular weight excluding hydrogens is 939 g/mol. The number of hydrogen-bond acceptors (Lipinski definition) is 3. The molecule has 0 spiro atoms. The van der Waals surface area contributed by atoms with E-state index in [1.807, 2.05) is 44.2 Å². The van der Waals surface area contributed by atoms with Crippen LogP contribution in [0.3, 0.4) is 0 Å². The normalized spacial score (nSPS) is 13.0. The molecule has 0 bridgehead atoms. The first kappa shape index (κ1) is 37.3. The molecule has 3 aromatic heterocycles. The second-order valence-corrected chi connectivity index (χ2v) is 17.2. The Morgan fingerprint density at radius 2 is 1.43 bits per heavy atom. The zero-order valence-electron chi connectivity index (χ0n) is 39.4. The van der Waals surface area contributed by atoms with Crippen LogP contribution in [0.4, 0.5) is 0 Å². The molecular formula is C56H51IrN3S-2. The summed E-state index contributed by atoms with van der Waals surface area (Å²) >= 11 is 1.71. The van der Waals surface area contributed by atoms with Gasteiger partial charge in [-0.15, -0.1) is 59.7 Å². The molecule has 3 nitrogen and oxygen atoms in total. The number of aryl methyl sites for hydroxylation is 1. The average Bonchev–Trinajstić information content (AvgIpc) is 3.88. The van der Waals surface area contributed by atoms with Crippen LogP contribution in [0.15, 0.2) is 140 Å².